The van der Waals surface area contributed by atoms with Gasteiger partial charge in [-0.05, 0) is 31.4 Å². The number of ketones is 1. The second-order valence-electron chi connectivity index (χ2n) is 4.48. The SMILES string of the molecule is O=C(C1=C(c2ccco2)CCC1)c1ccccc1. The van der Waals surface area contributed by atoms with Gasteiger partial charge in [0.05, 0.1) is 6.26 Å². The fraction of sp³-hybridized carbons (Fsp3) is 0.188. The molecule has 90 valence electrons. The average Bonchev–Trinajstić information content (AvgIpc) is 3.09. The topological polar surface area (TPSA) is 30.2 Å². The summed E-state index contributed by atoms with van der Waals surface area (Å²) in [5.41, 5.74) is 2.75. The van der Waals surface area contributed by atoms with Gasteiger partial charge in [-0.1, -0.05) is 30.3 Å². The van der Waals surface area contributed by atoms with Gasteiger partial charge in [-0.2, -0.15) is 0 Å². The molecule has 0 bridgehead atoms. The molecule has 0 unspecified atom stereocenters. The molecule has 1 aromatic carbocycles. The quantitative estimate of drug-likeness (QED) is 0.753. The maximum atomic E-state index is 12.5. The number of hydrogen-bond acceptors (Lipinski definition) is 2. The third kappa shape index (κ3) is 1.90. The maximum Gasteiger partial charge on any atom is 0.189 e. The first-order chi connectivity index (χ1) is 8.86. The molecule has 2 nitrogen and oxygen atoms in total. The molecule has 0 N–H and O–H groups in total. The highest BCUT2D eigenvalue weighted by Gasteiger charge is 2.24. The second kappa shape index (κ2) is 4.65. The van der Waals surface area contributed by atoms with Crippen molar-refractivity contribution in [3.63, 3.8) is 0 Å². The van der Waals surface area contributed by atoms with E-state index in [0.717, 1.165) is 41.7 Å². The largest absolute Gasteiger partial charge is 0.465 e. The zero-order chi connectivity index (χ0) is 12.4. The van der Waals surface area contributed by atoms with Gasteiger partial charge in [0.25, 0.3) is 0 Å². The molecule has 0 aliphatic heterocycles. The molecule has 0 spiro atoms. The summed E-state index contributed by atoms with van der Waals surface area (Å²) >= 11 is 0. The Balaban J connectivity index is 2.00. The minimum Gasteiger partial charge on any atom is -0.465 e. The van der Waals surface area contributed by atoms with E-state index in [1.807, 2.05) is 42.5 Å². The molecule has 2 heteroatoms. The Morgan fingerprint density at radius 2 is 1.83 bits per heavy atom. The van der Waals surface area contributed by atoms with Crippen LogP contribution in [-0.4, -0.2) is 5.78 Å². The van der Waals surface area contributed by atoms with E-state index in [1.165, 1.54) is 0 Å². The number of hydrogen-bond donors (Lipinski definition) is 0. The molecule has 3 rings (SSSR count). The highest BCUT2D eigenvalue weighted by Crippen LogP contribution is 2.35. The third-order valence-corrected chi connectivity index (χ3v) is 3.35. The first kappa shape index (κ1) is 11.0. The van der Waals surface area contributed by atoms with E-state index in [0.29, 0.717) is 0 Å². The van der Waals surface area contributed by atoms with Crippen LogP contribution < -0.4 is 0 Å². The second-order valence-corrected chi connectivity index (χ2v) is 4.48. The van der Waals surface area contributed by atoms with Crippen molar-refractivity contribution >= 4 is 11.4 Å². The number of carbonyl (C=O) groups excluding carboxylic acids is 1. The summed E-state index contributed by atoms with van der Waals surface area (Å²) in [7, 11) is 0. The average molecular weight is 238 g/mol. The summed E-state index contributed by atoms with van der Waals surface area (Å²) in [5.74, 6) is 0.978. The van der Waals surface area contributed by atoms with E-state index in [9.17, 15) is 4.79 Å². The smallest absolute Gasteiger partial charge is 0.189 e. The van der Waals surface area contributed by atoms with Crippen LogP contribution in [0, 0.1) is 0 Å². The lowest BCUT2D eigenvalue weighted by Gasteiger charge is -2.04. The summed E-state index contributed by atoms with van der Waals surface area (Å²) in [6.45, 7) is 0. The van der Waals surface area contributed by atoms with E-state index in [1.54, 1.807) is 6.26 Å². The molecule has 1 aliphatic carbocycles. The summed E-state index contributed by atoms with van der Waals surface area (Å²) in [6.07, 6.45) is 4.47. The Hall–Kier alpha value is -2.09. The molecule has 1 heterocycles. The number of allylic oxidation sites excluding steroid dienone is 2. The van der Waals surface area contributed by atoms with Crippen LogP contribution in [0.1, 0.15) is 35.4 Å². The predicted octanol–water partition coefficient (Wildman–Crippen LogP) is 4.10. The minimum absolute atomic E-state index is 0.138. The zero-order valence-corrected chi connectivity index (χ0v) is 10.1. The van der Waals surface area contributed by atoms with Crippen molar-refractivity contribution in [2.45, 2.75) is 19.3 Å². The molecular weight excluding hydrogens is 224 g/mol. The van der Waals surface area contributed by atoms with Crippen LogP contribution in [-0.2, 0) is 0 Å². The molecule has 18 heavy (non-hydrogen) atoms. The summed E-state index contributed by atoms with van der Waals surface area (Å²) in [5, 5.41) is 0. The van der Waals surface area contributed by atoms with Gasteiger partial charge in [0.15, 0.2) is 5.78 Å². The van der Waals surface area contributed by atoms with Crippen LogP contribution in [0.15, 0.2) is 58.7 Å². The summed E-state index contributed by atoms with van der Waals surface area (Å²) < 4.78 is 5.42. The van der Waals surface area contributed by atoms with Crippen LogP contribution >= 0.6 is 0 Å². The van der Waals surface area contributed by atoms with E-state index in [2.05, 4.69) is 0 Å². The van der Waals surface area contributed by atoms with Crippen LogP contribution in [0.2, 0.25) is 0 Å². The van der Waals surface area contributed by atoms with E-state index in [4.69, 9.17) is 4.42 Å². The Morgan fingerprint density at radius 3 is 2.56 bits per heavy atom. The monoisotopic (exact) mass is 238 g/mol. The minimum atomic E-state index is 0.138. The normalized spacial score (nSPS) is 15.1. The Morgan fingerprint density at radius 1 is 1.00 bits per heavy atom. The number of Topliss-reactive ketones (excluding diaryl/α,β-unsaturated/α-hetero) is 1. The highest BCUT2D eigenvalue weighted by atomic mass is 16.3. The molecule has 0 saturated carbocycles. The lowest BCUT2D eigenvalue weighted by atomic mass is 9.99. The molecule has 0 amide bonds. The van der Waals surface area contributed by atoms with Gasteiger partial charge in [0, 0.05) is 16.7 Å². The number of rotatable bonds is 3. The van der Waals surface area contributed by atoms with Crippen molar-refractivity contribution in [3.05, 3.63) is 65.6 Å². The molecule has 2 aromatic rings. The summed E-state index contributed by atoms with van der Waals surface area (Å²) in [6, 6.07) is 13.3. The summed E-state index contributed by atoms with van der Waals surface area (Å²) in [4.78, 5) is 12.5. The van der Waals surface area contributed by atoms with Gasteiger partial charge in [-0.15, -0.1) is 0 Å². The van der Waals surface area contributed by atoms with Crippen molar-refractivity contribution in [1.82, 2.24) is 0 Å². The van der Waals surface area contributed by atoms with Crippen molar-refractivity contribution < 1.29 is 9.21 Å². The van der Waals surface area contributed by atoms with Crippen LogP contribution in [0.3, 0.4) is 0 Å². The van der Waals surface area contributed by atoms with Crippen molar-refractivity contribution in [2.75, 3.05) is 0 Å². The molecule has 1 aliphatic rings. The molecule has 0 fully saturated rings. The van der Waals surface area contributed by atoms with Gasteiger partial charge >= 0.3 is 0 Å². The number of carbonyl (C=O) groups is 1. The number of benzene rings is 1. The third-order valence-electron chi connectivity index (χ3n) is 3.35. The first-order valence-electron chi connectivity index (χ1n) is 6.22. The van der Waals surface area contributed by atoms with Gasteiger partial charge in [-0.3, -0.25) is 4.79 Å². The van der Waals surface area contributed by atoms with Crippen LogP contribution in [0.25, 0.3) is 5.57 Å². The predicted molar refractivity (Wildman–Crippen MR) is 70.3 cm³/mol. The van der Waals surface area contributed by atoms with E-state index >= 15 is 0 Å². The van der Waals surface area contributed by atoms with E-state index < -0.39 is 0 Å². The lowest BCUT2D eigenvalue weighted by Crippen LogP contribution is -2.02. The Kier molecular flexibility index (Phi) is 2.85. The van der Waals surface area contributed by atoms with E-state index in [-0.39, 0.29) is 5.78 Å². The highest BCUT2D eigenvalue weighted by molar-refractivity contribution is 6.13. The Labute approximate surface area is 106 Å². The fourth-order valence-corrected chi connectivity index (χ4v) is 2.48. The van der Waals surface area contributed by atoms with Gasteiger partial charge in [-0.25, -0.2) is 0 Å². The van der Waals surface area contributed by atoms with Crippen molar-refractivity contribution in [2.24, 2.45) is 0 Å². The van der Waals surface area contributed by atoms with Gasteiger partial charge in [0.2, 0.25) is 0 Å². The molecule has 0 radical (unpaired) electrons. The standard InChI is InChI=1S/C16H14O2/c17-16(12-6-2-1-3-7-12)14-9-4-8-13(14)15-10-5-11-18-15/h1-3,5-7,10-11H,4,8-9H2. The number of furan rings is 1. The van der Waals surface area contributed by atoms with Crippen LogP contribution in [0.4, 0.5) is 0 Å². The fourth-order valence-electron chi connectivity index (χ4n) is 2.48. The van der Waals surface area contributed by atoms with Gasteiger partial charge < -0.3 is 4.42 Å². The molecule has 0 saturated heterocycles. The maximum absolute atomic E-state index is 12.5. The zero-order valence-electron chi connectivity index (χ0n) is 10.1. The van der Waals surface area contributed by atoms with Gasteiger partial charge in [0.1, 0.15) is 5.76 Å². The molecule has 0 atom stereocenters. The first-order valence-corrected chi connectivity index (χ1v) is 6.22. The van der Waals surface area contributed by atoms with Crippen molar-refractivity contribution in [3.8, 4) is 0 Å². The van der Waals surface area contributed by atoms with Crippen molar-refractivity contribution in [1.29, 1.82) is 0 Å². The molecular formula is C16H14O2. The van der Waals surface area contributed by atoms with Crippen LogP contribution in [0.5, 0.6) is 0 Å². The molecule has 1 aromatic heterocycles. The Bertz CT molecular complexity index is 577. The lowest BCUT2D eigenvalue weighted by molar-refractivity contribution is 0.103.